The molecule has 0 saturated heterocycles. The van der Waals surface area contributed by atoms with Gasteiger partial charge in [0.15, 0.2) is 10.7 Å². The van der Waals surface area contributed by atoms with Crippen molar-refractivity contribution in [3.63, 3.8) is 0 Å². The van der Waals surface area contributed by atoms with Gasteiger partial charge in [-0.15, -0.1) is 0 Å². The Bertz CT molecular complexity index is 1170. The van der Waals surface area contributed by atoms with E-state index in [1.165, 1.54) is 18.4 Å². The Balaban J connectivity index is 1.95. The van der Waals surface area contributed by atoms with Gasteiger partial charge in [-0.1, -0.05) is 46.7 Å². The fourth-order valence-corrected chi connectivity index (χ4v) is 4.27. The predicted molar refractivity (Wildman–Crippen MR) is 98.6 cm³/mol. The minimum absolute atomic E-state index is 0.105. The molecule has 0 spiro atoms. The van der Waals surface area contributed by atoms with Gasteiger partial charge in [-0.2, -0.15) is 0 Å². The summed E-state index contributed by atoms with van der Waals surface area (Å²) < 4.78 is 7.33. The van der Waals surface area contributed by atoms with E-state index in [0.29, 0.717) is 25.3 Å². The molecule has 4 aromatic rings. The second kappa shape index (κ2) is 5.77. The summed E-state index contributed by atoms with van der Waals surface area (Å²) in [6.07, 6.45) is 1.76. The van der Waals surface area contributed by atoms with Crippen molar-refractivity contribution in [2.45, 2.75) is 0 Å². The molecule has 0 aliphatic carbocycles. The first kappa shape index (κ1) is 15.4. The molecule has 2 heterocycles. The normalized spacial score (nSPS) is 12.4. The van der Waals surface area contributed by atoms with Crippen LogP contribution in [-0.2, 0) is 0 Å². The van der Waals surface area contributed by atoms with E-state index in [2.05, 4.69) is 4.98 Å². The highest BCUT2D eigenvalue weighted by Gasteiger charge is 2.11. The van der Waals surface area contributed by atoms with Crippen molar-refractivity contribution in [3.05, 3.63) is 66.9 Å². The highest BCUT2D eigenvalue weighted by atomic mass is 35.5. The van der Waals surface area contributed by atoms with Crippen LogP contribution in [0.4, 0.5) is 0 Å². The number of methoxy groups -OCH3 is 1. The van der Waals surface area contributed by atoms with Gasteiger partial charge in [0.05, 0.1) is 32.7 Å². The molecule has 0 amide bonds. The van der Waals surface area contributed by atoms with E-state index in [1.807, 2.05) is 24.3 Å². The molecule has 24 heavy (non-hydrogen) atoms. The van der Waals surface area contributed by atoms with Gasteiger partial charge < -0.3 is 4.74 Å². The Morgan fingerprint density at radius 2 is 1.92 bits per heavy atom. The lowest BCUT2D eigenvalue weighted by Gasteiger charge is -2.06. The van der Waals surface area contributed by atoms with Crippen LogP contribution in [0.25, 0.3) is 22.1 Å². The number of nitrogens with zero attached hydrogens (tertiary/aromatic N) is 2. The first-order valence-corrected chi connectivity index (χ1v) is 8.60. The van der Waals surface area contributed by atoms with E-state index < -0.39 is 0 Å². The Morgan fingerprint density at radius 1 is 1.21 bits per heavy atom. The second-order valence-electron chi connectivity index (χ2n) is 5.15. The molecule has 4 rings (SSSR count). The van der Waals surface area contributed by atoms with Gasteiger partial charge >= 0.3 is 0 Å². The Labute approximate surface area is 150 Å². The summed E-state index contributed by atoms with van der Waals surface area (Å²) in [7, 11) is 1.51. The third-order valence-corrected chi connectivity index (χ3v) is 5.20. The molecule has 0 aliphatic rings. The molecular weight excluding hydrogens is 367 g/mol. The van der Waals surface area contributed by atoms with Gasteiger partial charge in [0, 0.05) is 0 Å². The second-order valence-corrected chi connectivity index (χ2v) is 6.98. The zero-order valence-corrected chi connectivity index (χ0v) is 14.7. The molecule has 4 nitrogen and oxygen atoms in total. The number of ether oxygens (including phenoxy) is 1. The van der Waals surface area contributed by atoms with Crippen LogP contribution < -0.4 is 14.8 Å². The van der Waals surface area contributed by atoms with Gasteiger partial charge in [0.25, 0.3) is 5.56 Å². The van der Waals surface area contributed by atoms with Crippen molar-refractivity contribution in [2.24, 2.45) is 0 Å². The molecule has 0 N–H and O–H groups in total. The van der Waals surface area contributed by atoms with Crippen molar-refractivity contribution in [1.82, 2.24) is 9.38 Å². The van der Waals surface area contributed by atoms with Gasteiger partial charge in [-0.25, -0.2) is 9.38 Å². The van der Waals surface area contributed by atoms with Crippen LogP contribution in [0.2, 0.25) is 10.0 Å². The predicted octanol–water partition coefficient (Wildman–Crippen LogP) is 3.77. The molecule has 0 bridgehead atoms. The van der Waals surface area contributed by atoms with Crippen LogP contribution in [0.15, 0.2) is 41.2 Å². The smallest absolute Gasteiger partial charge is 0.274 e. The van der Waals surface area contributed by atoms with E-state index in [4.69, 9.17) is 27.9 Å². The summed E-state index contributed by atoms with van der Waals surface area (Å²) in [5, 5.41) is 0.797. The molecule has 0 saturated carbocycles. The minimum Gasteiger partial charge on any atom is -0.494 e. The van der Waals surface area contributed by atoms with Gasteiger partial charge in [0.1, 0.15) is 0 Å². The Kier molecular flexibility index (Phi) is 3.72. The average Bonchev–Trinajstić information content (AvgIpc) is 3.04. The van der Waals surface area contributed by atoms with E-state index in [1.54, 1.807) is 22.6 Å². The Morgan fingerprint density at radius 3 is 2.62 bits per heavy atom. The summed E-state index contributed by atoms with van der Waals surface area (Å²) in [5.41, 5.74) is 2.24. The number of hydrogen-bond acceptors (Lipinski definition) is 4. The molecule has 0 radical (unpaired) electrons. The van der Waals surface area contributed by atoms with Crippen molar-refractivity contribution in [3.8, 4) is 5.75 Å². The number of thiazole rings is 1. The monoisotopic (exact) mass is 376 g/mol. The molecule has 120 valence electrons. The van der Waals surface area contributed by atoms with Gasteiger partial charge in [-0.05, 0) is 35.9 Å². The van der Waals surface area contributed by atoms with Crippen LogP contribution >= 0.6 is 34.5 Å². The molecule has 2 aromatic heterocycles. The number of aromatic nitrogens is 2. The van der Waals surface area contributed by atoms with E-state index in [-0.39, 0.29) is 5.56 Å². The fourth-order valence-electron chi connectivity index (χ4n) is 2.62. The van der Waals surface area contributed by atoms with Crippen molar-refractivity contribution < 1.29 is 4.74 Å². The number of imidazole rings is 1. The number of fused-ring (bicyclic) bond motifs is 3. The van der Waals surface area contributed by atoms with Crippen LogP contribution in [0.5, 0.6) is 5.75 Å². The molecular formula is C17H10Cl2N2O2S. The molecule has 0 fully saturated rings. The lowest BCUT2D eigenvalue weighted by Crippen LogP contribution is -2.22. The van der Waals surface area contributed by atoms with Crippen LogP contribution in [-0.4, -0.2) is 16.5 Å². The van der Waals surface area contributed by atoms with Gasteiger partial charge in [-0.3, -0.25) is 4.79 Å². The zero-order valence-electron chi connectivity index (χ0n) is 12.4. The number of benzene rings is 2. The van der Waals surface area contributed by atoms with Gasteiger partial charge in [0.2, 0.25) is 0 Å². The third-order valence-electron chi connectivity index (χ3n) is 3.67. The maximum absolute atomic E-state index is 12.7. The molecule has 0 atom stereocenters. The minimum atomic E-state index is -0.105. The number of hydrogen-bond donors (Lipinski definition) is 0. The largest absolute Gasteiger partial charge is 0.494 e. The summed E-state index contributed by atoms with van der Waals surface area (Å²) in [5.74, 6) is 0.421. The highest BCUT2D eigenvalue weighted by molar-refractivity contribution is 7.15. The summed E-state index contributed by atoms with van der Waals surface area (Å²) >= 11 is 13.6. The van der Waals surface area contributed by atoms with Crippen molar-refractivity contribution in [1.29, 1.82) is 0 Å². The zero-order chi connectivity index (χ0) is 16.8. The first-order chi connectivity index (χ1) is 11.6. The lowest BCUT2D eigenvalue weighted by molar-refractivity contribution is 0.415. The molecule has 0 aliphatic heterocycles. The highest BCUT2D eigenvalue weighted by Crippen LogP contribution is 2.34. The maximum atomic E-state index is 12.7. The SMILES string of the molecule is COc1c(Cl)cc(C=c2sc3nc4ccccc4n3c2=O)cc1Cl. The molecule has 7 heteroatoms. The number of rotatable bonds is 2. The summed E-state index contributed by atoms with van der Waals surface area (Å²) in [6, 6.07) is 11.0. The van der Waals surface area contributed by atoms with Crippen LogP contribution in [0.3, 0.4) is 0 Å². The van der Waals surface area contributed by atoms with Crippen molar-refractivity contribution in [2.75, 3.05) is 7.11 Å². The first-order valence-electron chi connectivity index (χ1n) is 7.03. The summed E-state index contributed by atoms with van der Waals surface area (Å²) in [6.45, 7) is 0. The van der Waals surface area contributed by atoms with Crippen LogP contribution in [0, 0.1) is 0 Å². The molecule has 0 unspecified atom stereocenters. The average molecular weight is 377 g/mol. The van der Waals surface area contributed by atoms with E-state index in [9.17, 15) is 4.79 Å². The number of halogens is 2. The Hall–Kier alpha value is -2.08. The third kappa shape index (κ3) is 2.36. The quantitative estimate of drug-likeness (QED) is 0.534. The standard InChI is InChI=1S/C17H10Cl2N2O2S/c1-23-15-10(18)6-9(7-11(15)19)8-14-16(22)21-13-5-3-2-4-12(13)20-17(21)24-14/h2-8H,1H3. The molecule has 2 aromatic carbocycles. The topological polar surface area (TPSA) is 43.6 Å². The summed E-state index contributed by atoms with van der Waals surface area (Å²) in [4.78, 5) is 17.9. The van der Waals surface area contributed by atoms with E-state index >= 15 is 0 Å². The van der Waals surface area contributed by atoms with Crippen LogP contribution in [0.1, 0.15) is 5.56 Å². The fraction of sp³-hybridized carbons (Fsp3) is 0.0588. The van der Waals surface area contributed by atoms with E-state index in [0.717, 1.165) is 16.6 Å². The lowest BCUT2D eigenvalue weighted by atomic mass is 10.2. The van der Waals surface area contributed by atoms with Crippen molar-refractivity contribution >= 4 is 56.6 Å². The number of para-hydroxylation sites is 2. The maximum Gasteiger partial charge on any atom is 0.274 e.